The molecule has 2 heterocycles. The highest BCUT2D eigenvalue weighted by atomic mass is 35.5. The standard InChI is InChI=1S/C21H21ClFN3O3/c1-13-11-25(12-14-2-5-16(23)6-3-14)8-9-26(13)21(28)19-20(27)24-17-10-15(22)4-7-18(17)29-19/h2-7,10,13,19H,8-9,11-12H2,1H3,(H,24,27). The van der Waals surface area contributed by atoms with E-state index in [9.17, 15) is 14.0 Å². The van der Waals surface area contributed by atoms with E-state index in [4.69, 9.17) is 16.3 Å². The Morgan fingerprint density at radius 3 is 2.72 bits per heavy atom. The molecule has 2 aliphatic rings. The van der Waals surface area contributed by atoms with Gasteiger partial charge < -0.3 is 15.0 Å². The third-order valence-electron chi connectivity index (χ3n) is 5.22. The fourth-order valence-electron chi connectivity index (χ4n) is 3.75. The molecule has 2 aliphatic heterocycles. The van der Waals surface area contributed by atoms with E-state index in [1.54, 1.807) is 35.2 Å². The zero-order chi connectivity index (χ0) is 20.5. The van der Waals surface area contributed by atoms with Crippen LogP contribution in [0, 0.1) is 5.82 Å². The number of nitrogens with zero attached hydrogens (tertiary/aromatic N) is 2. The molecule has 1 N–H and O–H groups in total. The first-order valence-corrected chi connectivity index (χ1v) is 9.83. The largest absolute Gasteiger partial charge is 0.468 e. The minimum absolute atomic E-state index is 0.0836. The van der Waals surface area contributed by atoms with Crippen LogP contribution in [0.25, 0.3) is 0 Å². The average Bonchev–Trinajstić information content (AvgIpc) is 2.69. The third-order valence-corrected chi connectivity index (χ3v) is 5.46. The number of anilines is 1. The molecule has 6 nitrogen and oxygen atoms in total. The van der Waals surface area contributed by atoms with Crippen molar-refractivity contribution in [3.63, 3.8) is 0 Å². The van der Waals surface area contributed by atoms with Crippen molar-refractivity contribution in [3.05, 3.63) is 58.9 Å². The Labute approximate surface area is 173 Å². The Morgan fingerprint density at radius 1 is 1.24 bits per heavy atom. The van der Waals surface area contributed by atoms with Gasteiger partial charge in [-0.3, -0.25) is 14.5 Å². The van der Waals surface area contributed by atoms with Gasteiger partial charge in [0.25, 0.3) is 17.9 Å². The molecule has 1 saturated heterocycles. The van der Waals surface area contributed by atoms with Crippen molar-refractivity contribution >= 4 is 29.1 Å². The van der Waals surface area contributed by atoms with Gasteiger partial charge in [0.1, 0.15) is 11.6 Å². The number of carbonyl (C=O) groups excluding carboxylic acids is 2. The first kappa shape index (κ1) is 19.7. The van der Waals surface area contributed by atoms with Gasteiger partial charge in [-0.15, -0.1) is 0 Å². The predicted molar refractivity (Wildman–Crippen MR) is 107 cm³/mol. The second kappa shape index (κ2) is 8.00. The van der Waals surface area contributed by atoms with Crippen LogP contribution in [0.1, 0.15) is 12.5 Å². The number of amides is 2. The Hall–Kier alpha value is -2.64. The van der Waals surface area contributed by atoms with E-state index in [2.05, 4.69) is 10.2 Å². The van der Waals surface area contributed by atoms with Crippen LogP contribution in [-0.4, -0.2) is 53.4 Å². The highest BCUT2D eigenvalue weighted by molar-refractivity contribution is 6.31. The van der Waals surface area contributed by atoms with Crippen LogP contribution in [0.2, 0.25) is 5.02 Å². The molecular weight excluding hydrogens is 397 g/mol. The van der Waals surface area contributed by atoms with E-state index in [1.807, 2.05) is 6.92 Å². The quantitative estimate of drug-likeness (QED) is 0.780. The number of rotatable bonds is 3. The van der Waals surface area contributed by atoms with E-state index in [-0.39, 0.29) is 17.8 Å². The summed E-state index contributed by atoms with van der Waals surface area (Å²) < 4.78 is 18.8. The topological polar surface area (TPSA) is 61.9 Å². The van der Waals surface area contributed by atoms with E-state index in [0.717, 1.165) is 5.56 Å². The van der Waals surface area contributed by atoms with Crippen molar-refractivity contribution in [2.24, 2.45) is 0 Å². The normalized spacial score (nSPS) is 21.9. The zero-order valence-electron chi connectivity index (χ0n) is 15.9. The van der Waals surface area contributed by atoms with E-state index >= 15 is 0 Å². The highest BCUT2D eigenvalue weighted by Gasteiger charge is 2.39. The van der Waals surface area contributed by atoms with Crippen molar-refractivity contribution in [3.8, 4) is 5.75 Å². The summed E-state index contributed by atoms with van der Waals surface area (Å²) in [7, 11) is 0. The molecule has 4 rings (SSSR count). The second-order valence-corrected chi connectivity index (χ2v) is 7.81. The van der Waals surface area contributed by atoms with Gasteiger partial charge in [-0.05, 0) is 42.8 Å². The molecule has 0 radical (unpaired) electrons. The fourth-order valence-corrected chi connectivity index (χ4v) is 3.92. The lowest BCUT2D eigenvalue weighted by Crippen LogP contribution is -2.59. The number of hydrogen-bond acceptors (Lipinski definition) is 4. The molecule has 2 amide bonds. The van der Waals surface area contributed by atoms with Crippen LogP contribution in [-0.2, 0) is 16.1 Å². The smallest absolute Gasteiger partial charge is 0.275 e. The molecule has 0 saturated carbocycles. The first-order valence-electron chi connectivity index (χ1n) is 9.45. The van der Waals surface area contributed by atoms with Gasteiger partial charge in [0.05, 0.1) is 5.69 Å². The van der Waals surface area contributed by atoms with E-state index in [0.29, 0.717) is 42.6 Å². The fraction of sp³-hybridized carbons (Fsp3) is 0.333. The van der Waals surface area contributed by atoms with Gasteiger partial charge in [0.2, 0.25) is 0 Å². The summed E-state index contributed by atoms with van der Waals surface area (Å²) in [6, 6.07) is 11.2. The minimum atomic E-state index is -1.21. The van der Waals surface area contributed by atoms with Crippen molar-refractivity contribution in [1.29, 1.82) is 0 Å². The van der Waals surface area contributed by atoms with Crippen LogP contribution in [0.5, 0.6) is 5.75 Å². The average molecular weight is 418 g/mol. The summed E-state index contributed by atoms with van der Waals surface area (Å²) in [4.78, 5) is 29.3. The van der Waals surface area contributed by atoms with Crippen molar-refractivity contribution in [2.75, 3.05) is 25.0 Å². The molecule has 2 unspecified atom stereocenters. The van der Waals surface area contributed by atoms with E-state index in [1.165, 1.54) is 12.1 Å². The summed E-state index contributed by atoms with van der Waals surface area (Å²) in [6.45, 7) is 4.43. The van der Waals surface area contributed by atoms with Crippen molar-refractivity contribution in [2.45, 2.75) is 25.6 Å². The van der Waals surface area contributed by atoms with Crippen molar-refractivity contribution in [1.82, 2.24) is 9.80 Å². The number of nitrogens with one attached hydrogen (secondary N) is 1. The maximum atomic E-state index is 13.1. The molecular formula is C21H21ClFN3O3. The molecule has 0 aromatic heterocycles. The van der Waals surface area contributed by atoms with E-state index < -0.39 is 12.0 Å². The SMILES string of the molecule is CC1CN(Cc2ccc(F)cc2)CCN1C(=O)C1Oc2ccc(Cl)cc2NC1=O. The number of halogens is 2. The molecule has 0 bridgehead atoms. The maximum Gasteiger partial charge on any atom is 0.275 e. The number of hydrogen-bond donors (Lipinski definition) is 1. The number of fused-ring (bicyclic) bond motifs is 1. The van der Waals surface area contributed by atoms with Gasteiger partial charge >= 0.3 is 0 Å². The monoisotopic (exact) mass is 417 g/mol. The lowest BCUT2D eigenvalue weighted by atomic mass is 10.1. The number of piperazine rings is 1. The molecule has 2 atom stereocenters. The Bertz CT molecular complexity index is 937. The van der Waals surface area contributed by atoms with Gasteiger partial charge in [-0.2, -0.15) is 0 Å². The molecule has 2 aromatic carbocycles. The number of ether oxygens (including phenoxy) is 1. The van der Waals surface area contributed by atoms with Crippen LogP contribution < -0.4 is 10.1 Å². The van der Waals surface area contributed by atoms with Gasteiger partial charge in [-0.25, -0.2) is 4.39 Å². The molecule has 2 aromatic rings. The summed E-state index contributed by atoms with van der Waals surface area (Å²) in [5, 5.41) is 3.17. The van der Waals surface area contributed by atoms with Crippen LogP contribution in [0.3, 0.4) is 0 Å². The van der Waals surface area contributed by atoms with Crippen LogP contribution in [0.4, 0.5) is 10.1 Å². The number of benzene rings is 2. The summed E-state index contributed by atoms with van der Waals surface area (Å²) in [5.74, 6) is -0.676. The van der Waals surface area contributed by atoms with Gasteiger partial charge in [0, 0.05) is 37.2 Å². The minimum Gasteiger partial charge on any atom is -0.468 e. The Morgan fingerprint density at radius 2 is 2.00 bits per heavy atom. The Kier molecular flexibility index (Phi) is 5.43. The lowest BCUT2D eigenvalue weighted by molar-refractivity contribution is -0.148. The molecule has 0 spiro atoms. The molecule has 0 aliphatic carbocycles. The second-order valence-electron chi connectivity index (χ2n) is 7.37. The maximum absolute atomic E-state index is 13.1. The lowest BCUT2D eigenvalue weighted by Gasteiger charge is -2.41. The Balaban J connectivity index is 1.40. The summed E-state index contributed by atoms with van der Waals surface area (Å²) >= 11 is 5.94. The highest BCUT2D eigenvalue weighted by Crippen LogP contribution is 2.32. The van der Waals surface area contributed by atoms with Crippen LogP contribution in [0.15, 0.2) is 42.5 Å². The van der Waals surface area contributed by atoms with Crippen molar-refractivity contribution < 1.29 is 18.7 Å². The molecule has 29 heavy (non-hydrogen) atoms. The molecule has 1 fully saturated rings. The summed E-state index contributed by atoms with van der Waals surface area (Å²) in [5.41, 5.74) is 1.48. The molecule has 152 valence electrons. The third kappa shape index (κ3) is 4.21. The van der Waals surface area contributed by atoms with Gasteiger partial charge in [0.15, 0.2) is 0 Å². The number of carbonyl (C=O) groups is 2. The summed E-state index contributed by atoms with van der Waals surface area (Å²) in [6.07, 6.45) is -1.21. The zero-order valence-corrected chi connectivity index (χ0v) is 16.7. The van der Waals surface area contributed by atoms with Gasteiger partial charge in [-0.1, -0.05) is 23.7 Å². The first-order chi connectivity index (χ1) is 13.9. The predicted octanol–water partition coefficient (Wildman–Crippen LogP) is 2.91. The molecule has 8 heteroatoms. The van der Waals surface area contributed by atoms with Crippen LogP contribution >= 0.6 is 11.6 Å².